The number of nitro groups is 1. The fourth-order valence-corrected chi connectivity index (χ4v) is 2.67. The van der Waals surface area contributed by atoms with Gasteiger partial charge in [0, 0.05) is 18.6 Å². The van der Waals surface area contributed by atoms with Crippen molar-refractivity contribution in [3.05, 3.63) is 74.3 Å². The van der Waals surface area contributed by atoms with Crippen LogP contribution in [0.3, 0.4) is 0 Å². The van der Waals surface area contributed by atoms with E-state index in [9.17, 15) is 19.7 Å². The summed E-state index contributed by atoms with van der Waals surface area (Å²) in [7, 11) is 0. The van der Waals surface area contributed by atoms with Gasteiger partial charge < -0.3 is 10.1 Å². The first-order valence-electron chi connectivity index (χ1n) is 8.30. The van der Waals surface area contributed by atoms with Crippen molar-refractivity contribution in [1.82, 2.24) is 5.32 Å². The van der Waals surface area contributed by atoms with E-state index < -0.39 is 10.8 Å². The van der Waals surface area contributed by atoms with Crippen LogP contribution in [0.4, 0.5) is 5.69 Å². The Morgan fingerprint density at radius 2 is 2.00 bits per heavy atom. The maximum absolute atomic E-state index is 12.0. The molecule has 0 aliphatic rings. The minimum absolute atomic E-state index is 0.0168. The van der Waals surface area contributed by atoms with Gasteiger partial charge in [-0.1, -0.05) is 41.4 Å². The lowest BCUT2D eigenvalue weighted by Crippen LogP contribution is -2.28. The van der Waals surface area contributed by atoms with Gasteiger partial charge in [0.2, 0.25) is 0 Å². The van der Waals surface area contributed by atoms with Gasteiger partial charge in [0.1, 0.15) is 6.61 Å². The molecule has 0 aliphatic heterocycles. The number of benzene rings is 2. The molecule has 8 heteroatoms. The van der Waals surface area contributed by atoms with Gasteiger partial charge in [-0.15, -0.1) is 0 Å². The van der Waals surface area contributed by atoms with Crippen LogP contribution in [-0.4, -0.2) is 30.0 Å². The fourth-order valence-electron chi connectivity index (χ4n) is 2.41. The number of non-ortho nitro benzene ring substituents is 1. The number of hydrogen-bond donors (Lipinski definition) is 1. The number of esters is 1. The van der Waals surface area contributed by atoms with Crippen molar-refractivity contribution in [2.24, 2.45) is 0 Å². The standard InChI is InChI=1S/C19H19ClN2O5/c1-13-3-2-4-14(11-13)5-8-18(23)27-10-9-21-19(24)16-7-6-15(22(25)26)12-17(16)20/h2-4,6-7,11-12H,5,8-10H2,1H3,(H,21,24). The molecule has 0 fully saturated rings. The molecule has 2 aromatic rings. The molecule has 142 valence electrons. The Kier molecular flexibility index (Phi) is 7.31. The molecule has 0 heterocycles. The number of aryl methyl sites for hydroxylation is 2. The van der Waals surface area contributed by atoms with Crippen LogP contribution < -0.4 is 5.32 Å². The zero-order valence-corrected chi connectivity index (χ0v) is 15.5. The normalized spacial score (nSPS) is 10.3. The highest BCUT2D eigenvalue weighted by Gasteiger charge is 2.14. The largest absolute Gasteiger partial charge is 0.464 e. The summed E-state index contributed by atoms with van der Waals surface area (Å²) < 4.78 is 5.09. The zero-order chi connectivity index (χ0) is 19.8. The van der Waals surface area contributed by atoms with Crippen molar-refractivity contribution in [3.63, 3.8) is 0 Å². The second-order valence-corrected chi connectivity index (χ2v) is 6.29. The number of carbonyl (C=O) groups excluding carboxylic acids is 2. The van der Waals surface area contributed by atoms with Crippen molar-refractivity contribution in [2.75, 3.05) is 13.2 Å². The first-order valence-corrected chi connectivity index (χ1v) is 8.68. The van der Waals surface area contributed by atoms with Gasteiger partial charge >= 0.3 is 5.97 Å². The van der Waals surface area contributed by atoms with E-state index in [1.807, 2.05) is 31.2 Å². The van der Waals surface area contributed by atoms with Gasteiger partial charge in [-0.05, 0) is 25.0 Å². The van der Waals surface area contributed by atoms with Crippen LogP contribution in [0.2, 0.25) is 5.02 Å². The van der Waals surface area contributed by atoms with Crippen LogP contribution >= 0.6 is 11.6 Å². The number of nitro benzene ring substituents is 1. The number of rotatable bonds is 8. The third-order valence-electron chi connectivity index (χ3n) is 3.76. The van der Waals surface area contributed by atoms with Crippen LogP contribution in [-0.2, 0) is 16.0 Å². The Bertz CT molecular complexity index is 854. The predicted molar refractivity (Wildman–Crippen MR) is 101 cm³/mol. The summed E-state index contributed by atoms with van der Waals surface area (Å²) in [5, 5.41) is 13.2. The average molecular weight is 391 g/mol. The second-order valence-electron chi connectivity index (χ2n) is 5.89. The molecular formula is C19H19ClN2O5. The van der Waals surface area contributed by atoms with Crippen LogP contribution in [0.5, 0.6) is 0 Å². The van der Waals surface area contributed by atoms with E-state index in [1.165, 1.54) is 12.1 Å². The number of amides is 1. The molecular weight excluding hydrogens is 372 g/mol. The average Bonchev–Trinajstić information content (AvgIpc) is 2.63. The van der Waals surface area contributed by atoms with E-state index in [1.54, 1.807) is 0 Å². The molecule has 1 N–H and O–H groups in total. The van der Waals surface area contributed by atoms with E-state index in [0.29, 0.717) is 6.42 Å². The Labute approximate surface area is 161 Å². The minimum Gasteiger partial charge on any atom is -0.464 e. The highest BCUT2D eigenvalue weighted by atomic mass is 35.5. The van der Waals surface area contributed by atoms with Gasteiger partial charge in [-0.3, -0.25) is 19.7 Å². The topological polar surface area (TPSA) is 98.5 Å². The van der Waals surface area contributed by atoms with Crippen molar-refractivity contribution in [1.29, 1.82) is 0 Å². The van der Waals surface area contributed by atoms with Crippen molar-refractivity contribution < 1.29 is 19.2 Å². The number of carbonyl (C=O) groups is 2. The molecule has 0 spiro atoms. The smallest absolute Gasteiger partial charge is 0.306 e. The summed E-state index contributed by atoms with van der Waals surface area (Å²) in [6.07, 6.45) is 0.844. The van der Waals surface area contributed by atoms with Crippen molar-refractivity contribution in [2.45, 2.75) is 19.8 Å². The lowest BCUT2D eigenvalue weighted by molar-refractivity contribution is -0.384. The third-order valence-corrected chi connectivity index (χ3v) is 4.07. The van der Waals surface area contributed by atoms with E-state index in [4.69, 9.17) is 16.3 Å². The number of ether oxygens (including phenoxy) is 1. The van der Waals surface area contributed by atoms with E-state index >= 15 is 0 Å². The lowest BCUT2D eigenvalue weighted by Gasteiger charge is -2.08. The first kappa shape index (κ1) is 20.4. The summed E-state index contributed by atoms with van der Waals surface area (Å²) in [5.41, 5.74) is 2.12. The number of nitrogens with zero attached hydrogens (tertiary/aromatic N) is 1. The summed E-state index contributed by atoms with van der Waals surface area (Å²) >= 11 is 5.89. The Hall–Kier alpha value is -2.93. The molecule has 0 unspecified atom stereocenters. The van der Waals surface area contributed by atoms with Crippen LogP contribution in [0.15, 0.2) is 42.5 Å². The van der Waals surface area contributed by atoms with Gasteiger partial charge in [-0.2, -0.15) is 0 Å². The molecule has 1 amide bonds. The summed E-state index contributed by atoms with van der Waals surface area (Å²) in [4.78, 5) is 33.9. The van der Waals surface area contributed by atoms with E-state index in [0.717, 1.165) is 17.2 Å². The number of halogens is 1. The minimum atomic E-state index is -0.593. The molecule has 2 rings (SSSR count). The fraction of sp³-hybridized carbons (Fsp3) is 0.263. The number of nitrogens with one attached hydrogen (secondary N) is 1. The SMILES string of the molecule is Cc1cccc(CCC(=O)OCCNC(=O)c2ccc([N+](=O)[O-])cc2Cl)c1. The Morgan fingerprint density at radius 1 is 1.22 bits per heavy atom. The van der Waals surface area contributed by atoms with Crippen molar-refractivity contribution in [3.8, 4) is 0 Å². The maximum atomic E-state index is 12.0. The molecule has 0 saturated carbocycles. The molecule has 2 aromatic carbocycles. The first-order chi connectivity index (χ1) is 12.9. The quantitative estimate of drug-likeness (QED) is 0.322. The molecule has 27 heavy (non-hydrogen) atoms. The predicted octanol–water partition coefficient (Wildman–Crippen LogP) is 3.46. The molecule has 0 atom stereocenters. The van der Waals surface area contributed by atoms with Gasteiger partial charge in [0.05, 0.1) is 22.1 Å². The van der Waals surface area contributed by atoms with Crippen molar-refractivity contribution >= 4 is 29.2 Å². The lowest BCUT2D eigenvalue weighted by atomic mass is 10.1. The Morgan fingerprint density at radius 3 is 2.67 bits per heavy atom. The highest BCUT2D eigenvalue weighted by Crippen LogP contribution is 2.22. The summed E-state index contributed by atoms with van der Waals surface area (Å²) in [5.74, 6) is -0.843. The Balaban J connectivity index is 1.72. The molecule has 0 aromatic heterocycles. The van der Waals surface area contributed by atoms with Gasteiger partial charge in [0.15, 0.2) is 0 Å². The summed E-state index contributed by atoms with van der Waals surface area (Å²) in [6.45, 7) is 2.13. The van der Waals surface area contributed by atoms with Gasteiger partial charge in [0.25, 0.3) is 11.6 Å². The third kappa shape index (κ3) is 6.38. The molecule has 0 radical (unpaired) electrons. The number of hydrogen-bond acceptors (Lipinski definition) is 5. The highest BCUT2D eigenvalue weighted by molar-refractivity contribution is 6.34. The van der Waals surface area contributed by atoms with Crippen LogP contribution in [0, 0.1) is 17.0 Å². The monoisotopic (exact) mass is 390 g/mol. The molecule has 0 bridgehead atoms. The maximum Gasteiger partial charge on any atom is 0.306 e. The van der Waals surface area contributed by atoms with E-state index in [-0.39, 0.29) is 41.8 Å². The second kappa shape index (κ2) is 9.68. The zero-order valence-electron chi connectivity index (χ0n) is 14.7. The molecule has 0 aliphatic carbocycles. The van der Waals surface area contributed by atoms with Crippen LogP contribution in [0.1, 0.15) is 27.9 Å². The molecule has 7 nitrogen and oxygen atoms in total. The van der Waals surface area contributed by atoms with Crippen LogP contribution in [0.25, 0.3) is 0 Å². The summed E-state index contributed by atoms with van der Waals surface area (Å²) in [6, 6.07) is 11.5. The molecule has 0 saturated heterocycles. The van der Waals surface area contributed by atoms with E-state index in [2.05, 4.69) is 5.32 Å². The van der Waals surface area contributed by atoms with Gasteiger partial charge in [-0.25, -0.2) is 0 Å².